The Morgan fingerprint density at radius 2 is 2.00 bits per heavy atom. The number of anilines is 2. The van der Waals surface area contributed by atoms with Gasteiger partial charge in [-0.05, 0) is 11.6 Å². The Morgan fingerprint density at radius 1 is 1.30 bits per heavy atom. The van der Waals surface area contributed by atoms with E-state index in [2.05, 4.69) is 15.5 Å². The first-order valence-corrected chi connectivity index (χ1v) is 9.21. The molecule has 7 nitrogen and oxygen atoms in total. The zero-order chi connectivity index (χ0) is 16.8. The number of carbonyl (C=O) groups excluding carboxylic acids is 1. The highest BCUT2D eigenvalue weighted by atomic mass is 32.2. The van der Waals surface area contributed by atoms with Gasteiger partial charge in [-0.25, -0.2) is 0 Å². The average molecular weight is 352 g/mol. The second-order valence-electron chi connectivity index (χ2n) is 5.97. The van der Waals surface area contributed by atoms with E-state index in [4.69, 9.17) is 0 Å². The second-order valence-corrected chi connectivity index (χ2v) is 8.98. The van der Waals surface area contributed by atoms with Crippen LogP contribution in [0.15, 0.2) is 28.6 Å². The van der Waals surface area contributed by atoms with Gasteiger partial charge >= 0.3 is 0 Å². The van der Waals surface area contributed by atoms with Crippen molar-refractivity contribution >= 4 is 38.1 Å². The molecule has 0 saturated carbocycles. The molecule has 9 heteroatoms. The molecule has 2 aromatic rings. The van der Waals surface area contributed by atoms with Crippen LogP contribution in [0.3, 0.4) is 0 Å². The van der Waals surface area contributed by atoms with Crippen LogP contribution in [-0.2, 0) is 20.2 Å². The molecular formula is C14H16N4O3S2. The summed E-state index contributed by atoms with van der Waals surface area (Å²) in [6.45, 7) is 5.67. The van der Waals surface area contributed by atoms with E-state index in [0.29, 0.717) is 12.2 Å². The van der Waals surface area contributed by atoms with Gasteiger partial charge in [0, 0.05) is 18.9 Å². The number of rotatable bonds is 3. The van der Waals surface area contributed by atoms with E-state index in [-0.39, 0.29) is 20.8 Å². The summed E-state index contributed by atoms with van der Waals surface area (Å²) in [6, 6.07) is 7.44. The predicted octanol–water partition coefficient (Wildman–Crippen LogP) is 1.98. The summed E-state index contributed by atoms with van der Waals surface area (Å²) in [5, 5.41) is 10.1. The maximum Gasteiger partial charge on any atom is 0.293 e. The number of nitrogens with zero attached hydrogens (tertiary/aromatic N) is 3. The fraction of sp³-hybridized carbons (Fsp3) is 0.357. The van der Waals surface area contributed by atoms with Crippen LogP contribution in [0.4, 0.5) is 10.8 Å². The number of hydrogen-bond donors (Lipinski definition) is 1. The Bertz CT molecular complexity index is 874. The van der Waals surface area contributed by atoms with Crippen LogP contribution in [0.25, 0.3) is 0 Å². The number of aromatic nitrogens is 2. The maximum atomic E-state index is 12.9. The van der Waals surface area contributed by atoms with E-state index in [1.165, 1.54) is 11.2 Å². The number of amides is 1. The lowest BCUT2D eigenvalue weighted by atomic mass is 9.87. The van der Waals surface area contributed by atoms with E-state index in [0.717, 1.165) is 16.9 Å². The van der Waals surface area contributed by atoms with Gasteiger partial charge in [-0.15, -0.1) is 10.2 Å². The van der Waals surface area contributed by atoms with Crippen LogP contribution in [0, 0.1) is 0 Å². The highest BCUT2D eigenvalue weighted by Gasteiger charge is 2.42. The summed E-state index contributed by atoms with van der Waals surface area (Å²) in [7, 11) is -3.81. The fourth-order valence-electron chi connectivity index (χ4n) is 2.62. The minimum Gasteiger partial charge on any atom is -0.301 e. The lowest BCUT2D eigenvalue weighted by Gasteiger charge is -2.20. The van der Waals surface area contributed by atoms with Gasteiger partial charge in [0.15, 0.2) is 0 Å². The number of sulfonamides is 1. The topological polar surface area (TPSA) is 92.3 Å². The SMILES string of the molecule is CC(=O)Nc1nnc(S(=O)(=O)N2CC(C)(C)c3ccccc32)s1. The lowest BCUT2D eigenvalue weighted by molar-refractivity contribution is -0.114. The third-order valence-electron chi connectivity index (χ3n) is 3.64. The lowest BCUT2D eigenvalue weighted by Crippen LogP contribution is -2.33. The Balaban J connectivity index is 2.01. The minimum atomic E-state index is -3.81. The highest BCUT2D eigenvalue weighted by molar-refractivity contribution is 7.94. The Labute approximate surface area is 138 Å². The number of carbonyl (C=O) groups is 1. The summed E-state index contributed by atoms with van der Waals surface area (Å²) in [5.41, 5.74) is 1.36. The van der Waals surface area contributed by atoms with Crippen LogP contribution in [0.5, 0.6) is 0 Å². The van der Waals surface area contributed by atoms with Crippen molar-refractivity contribution in [1.82, 2.24) is 10.2 Å². The smallest absolute Gasteiger partial charge is 0.293 e. The molecular weight excluding hydrogens is 336 g/mol. The van der Waals surface area contributed by atoms with Crippen LogP contribution >= 0.6 is 11.3 Å². The fourth-order valence-corrected chi connectivity index (χ4v) is 5.31. The first-order chi connectivity index (χ1) is 10.7. The molecule has 0 aliphatic carbocycles. The van der Waals surface area contributed by atoms with Gasteiger partial charge in [-0.3, -0.25) is 9.10 Å². The van der Waals surface area contributed by atoms with Crippen LogP contribution in [0.2, 0.25) is 0 Å². The standard InChI is InChI=1S/C14H16N4O3S2/c1-9(19)15-12-16-17-13(22-12)23(20,21)18-8-14(2,3)10-6-4-5-7-11(10)18/h4-7H,8H2,1-3H3,(H,15,16,19). The highest BCUT2D eigenvalue weighted by Crippen LogP contribution is 2.43. The maximum absolute atomic E-state index is 12.9. The molecule has 3 rings (SSSR count). The quantitative estimate of drug-likeness (QED) is 0.853. The molecule has 0 fully saturated rings. The Kier molecular flexibility index (Phi) is 3.64. The van der Waals surface area contributed by atoms with Crippen molar-refractivity contribution < 1.29 is 13.2 Å². The van der Waals surface area contributed by atoms with Crippen molar-refractivity contribution in [3.8, 4) is 0 Å². The second kappa shape index (κ2) is 5.27. The van der Waals surface area contributed by atoms with E-state index in [1.54, 1.807) is 6.07 Å². The van der Waals surface area contributed by atoms with Crippen LogP contribution in [-0.4, -0.2) is 31.1 Å². The molecule has 0 bridgehead atoms. The molecule has 0 saturated heterocycles. The van der Waals surface area contributed by atoms with Crippen molar-refractivity contribution in [2.75, 3.05) is 16.2 Å². The van der Waals surface area contributed by atoms with Crippen molar-refractivity contribution in [1.29, 1.82) is 0 Å². The van der Waals surface area contributed by atoms with Crippen molar-refractivity contribution in [3.05, 3.63) is 29.8 Å². The van der Waals surface area contributed by atoms with Gasteiger partial charge in [-0.2, -0.15) is 8.42 Å². The normalized spacial score (nSPS) is 16.2. The third-order valence-corrected chi connectivity index (χ3v) is 6.59. The van der Waals surface area contributed by atoms with Crippen molar-refractivity contribution in [3.63, 3.8) is 0 Å². The number of nitrogens with one attached hydrogen (secondary N) is 1. The summed E-state index contributed by atoms with van der Waals surface area (Å²) >= 11 is 0.846. The first kappa shape index (κ1) is 15.9. The molecule has 0 spiro atoms. The molecule has 1 aliphatic rings. The molecule has 0 atom stereocenters. The van der Waals surface area contributed by atoms with E-state index < -0.39 is 10.0 Å². The van der Waals surface area contributed by atoms with Gasteiger partial charge in [0.25, 0.3) is 14.4 Å². The van der Waals surface area contributed by atoms with Gasteiger partial charge in [-0.1, -0.05) is 43.4 Å². The molecule has 1 N–H and O–H groups in total. The summed E-state index contributed by atoms with van der Waals surface area (Å²) in [4.78, 5) is 11.0. The molecule has 1 aliphatic heterocycles. The molecule has 1 aromatic heterocycles. The van der Waals surface area contributed by atoms with Gasteiger partial charge in [0.2, 0.25) is 11.0 Å². The molecule has 0 unspecified atom stereocenters. The van der Waals surface area contributed by atoms with Crippen LogP contribution in [0.1, 0.15) is 26.3 Å². The molecule has 1 amide bonds. The first-order valence-electron chi connectivity index (χ1n) is 6.95. The number of hydrogen-bond acceptors (Lipinski definition) is 6. The largest absolute Gasteiger partial charge is 0.301 e. The van der Waals surface area contributed by atoms with Crippen LogP contribution < -0.4 is 9.62 Å². The Morgan fingerprint density at radius 3 is 2.70 bits per heavy atom. The number of fused-ring (bicyclic) bond motifs is 1. The van der Waals surface area contributed by atoms with Gasteiger partial charge < -0.3 is 5.32 Å². The zero-order valence-electron chi connectivity index (χ0n) is 12.9. The molecule has 1 aromatic carbocycles. The van der Waals surface area contributed by atoms with Crippen molar-refractivity contribution in [2.45, 2.75) is 30.5 Å². The summed E-state index contributed by atoms with van der Waals surface area (Å²) in [6.07, 6.45) is 0. The Hall–Kier alpha value is -2.00. The predicted molar refractivity (Wildman–Crippen MR) is 88.2 cm³/mol. The van der Waals surface area contributed by atoms with Gasteiger partial charge in [0.1, 0.15) is 0 Å². The minimum absolute atomic E-state index is 0.131. The number of para-hydroxylation sites is 1. The molecule has 122 valence electrons. The van der Waals surface area contributed by atoms with E-state index in [1.807, 2.05) is 32.0 Å². The van der Waals surface area contributed by atoms with Gasteiger partial charge in [0.05, 0.1) is 5.69 Å². The van der Waals surface area contributed by atoms with E-state index >= 15 is 0 Å². The molecule has 0 radical (unpaired) electrons. The monoisotopic (exact) mass is 352 g/mol. The third kappa shape index (κ3) is 2.70. The summed E-state index contributed by atoms with van der Waals surface area (Å²) < 4.78 is 27.0. The molecule has 23 heavy (non-hydrogen) atoms. The zero-order valence-corrected chi connectivity index (χ0v) is 14.5. The van der Waals surface area contributed by atoms with Crippen molar-refractivity contribution in [2.24, 2.45) is 0 Å². The average Bonchev–Trinajstić information content (AvgIpc) is 3.03. The summed E-state index contributed by atoms with van der Waals surface area (Å²) in [5.74, 6) is -0.322. The molecule has 2 heterocycles. The van der Waals surface area contributed by atoms with E-state index in [9.17, 15) is 13.2 Å². The number of benzene rings is 1.